The zero-order valence-electron chi connectivity index (χ0n) is 29.3. The maximum absolute atomic E-state index is 13.2. The fraction of sp³-hybridized carbons (Fsp3) is 0.421. The molecule has 3 heterocycles. The van der Waals surface area contributed by atoms with Gasteiger partial charge in [-0.1, -0.05) is 36.4 Å². The van der Waals surface area contributed by atoms with Crippen LogP contribution >= 0.6 is 0 Å². The highest BCUT2D eigenvalue weighted by atomic mass is 16.5. The fourth-order valence-corrected chi connectivity index (χ4v) is 7.06. The molecule has 1 atom stereocenters. The van der Waals surface area contributed by atoms with Crippen molar-refractivity contribution in [3.05, 3.63) is 77.0 Å². The van der Waals surface area contributed by atoms with E-state index in [1.807, 2.05) is 30.3 Å². The van der Waals surface area contributed by atoms with Crippen LogP contribution in [0, 0.1) is 0 Å². The van der Waals surface area contributed by atoms with E-state index < -0.39 is 41.5 Å². The SMILES string of the molecule is O=C1CCC(N2C(=O)c3cccc(NC(=O)CCC(=O)OCCN4CCN(CCNC=C5C(=O)CC(c6ccccc6)CC5=O)CC4)c3C2=O)C(=O)N1. The number of fused-ring (bicyclic) bond motifs is 1. The zero-order valence-corrected chi connectivity index (χ0v) is 29.3. The molecule has 3 aliphatic heterocycles. The van der Waals surface area contributed by atoms with Gasteiger partial charge in [-0.3, -0.25) is 58.4 Å². The molecular formula is C38H42N6O9. The molecule has 0 spiro atoms. The van der Waals surface area contributed by atoms with Gasteiger partial charge in [-0.15, -0.1) is 0 Å². The Bertz CT molecular complexity index is 1820. The molecule has 1 saturated carbocycles. The summed E-state index contributed by atoms with van der Waals surface area (Å²) in [4.78, 5) is 106. The van der Waals surface area contributed by atoms with E-state index in [1.54, 1.807) is 6.20 Å². The monoisotopic (exact) mass is 726 g/mol. The van der Waals surface area contributed by atoms with Gasteiger partial charge in [0.2, 0.25) is 17.7 Å². The number of rotatable bonds is 13. The maximum Gasteiger partial charge on any atom is 0.306 e. The van der Waals surface area contributed by atoms with Crippen LogP contribution in [0.4, 0.5) is 5.69 Å². The summed E-state index contributed by atoms with van der Waals surface area (Å²) in [6.45, 7) is 5.24. The van der Waals surface area contributed by atoms with Gasteiger partial charge >= 0.3 is 5.97 Å². The van der Waals surface area contributed by atoms with Crippen LogP contribution in [-0.2, 0) is 33.5 Å². The fourth-order valence-electron chi connectivity index (χ4n) is 7.06. The van der Waals surface area contributed by atoms with E-state index in [2.05, 4.69) is 25.8 Å². The van der Waals surface area contributed by atoms with Crippen molar-refractivity contribution >= 4 is 52.8 Å². The van der Waals surface area contributed by atoms with Crippen molar-refractivity contribution in [2.24, 2.45) is 0 Å². The lowest BCUT2D eigenvalue weighted by atomic mass is 9.80. The number of carbonyl (C=O) groups is 8. The molecule has 0 aromatic heterocycles. The number of piperazine rings is 1. The second-order valence-electron chi connectivity index (χ2n) is 13.5. The van der Waals surface area contributed by atoms with Gasteiger partial charge in [0.1, 0.15) is 12.6 Å². The minimum absolute atomic E-state index is 0.00888. The Morgan fingerprint density at radius 2 is 1.53 bits per heavy atom. The lowest BCUT2D eigenvalue weighted by Gasteiger charge is -2.34. The number of ketones is 2. The van der Waals surface area contributed by atoms with Crippen LogP contribution in [0.25, 0.3) is 0 Å². The van der Waals surface area contributed by atoms with E-state index in [0.29, 0.717) is 25.9 Å². The number of hydrogen-bond donors (Lipinski definition) is 3. The molecule has 0 radical (unpaired) electrons. The molecule has 4 aliphatic rings. The van der Waals surface area contributed by atoms with Gasteiger partial charge in [0.25, 0.3) is 11.8 Å². The molecule has 5 amide bonds. The van der Waals surface area contributed by atoms with Gasteiger partial charge in [-0.25, -0.2) is 0 Å². The van der Waals surface area contributed by atoms with Crippen molar-refractivity contribution in [2.45, 2.75) is 50.5 Å². The molecule has 1 unspecified atom stereocenters. The minimum atomic E-state index is -1.13. The molecule has 3 fully saturated rings. The lowest BCUT2D eigenvalue weighted by Crippen LogP contribution is -2.54. The van der Waals surface area contributed by atoms with Crippen LogP contribution in [0.2, 0.25) is 0 Å². The number of esters is 1. The van der Waals surface area contributed by atoms with E-state index in [1.165, 1.54) is 18.2 Å². The summed E-state index contributed by atoms with van der Waals surface area (Å²) in [5.74, 6) is -4.06. The second kappa shape index (κ2) is 16.9. The average molecular weight is 727 g/mol. The van der Waals surface area contributed by atoms with Crippen LogP contribution in [0.3, 0.4) is 0 Å². The van der Waals surface area contributed by atoms with E-state index in [-0.39, 0.29) is 72.2 Å². The van der Waals surface area contributed by atoms with Gasteiger partial charge in [0, 0.05) is 77.7 Å². The van der Waals surface area contributed by atoms with Gasteiger partial charge in [0.05, 0.1) is 28.8 Å². The van der Waals surface area contributed by atoms with Gasteiger partial charge in [-0.05, 0) is 30.0 Å². The Kier molecular flexibility index (Phi) is 11.8. The summed E-state index contributed by atoms with van der Waals surface area (Å²) in [6, 6.07) is 12.9. The summed E-state index contributed by atoms with van der Waals surface area (Å²) in [5, 5.41) is 7.88. The smallest absolute Gasteiger partial charge is 0.306 e. The van der Waals surface area contributed by atoms with Crippen molar-refractivity contribution in [3.8, 4) is 0 Å². The van der Waals surface area contributed by atoms with E-state index in [9.17, 15) is 38.4 Å². The molecule has 0 bridgehead atoms. The third kappa shape index (κ3) is 8.92. The first kappa shape index (κ1) is 37.2. The number of Topliss-reactive ketones (excluding diaryl/α,β-unsaturated/α-hetero) is 2. The molecular weight excluding hydrogens is 684 g/mol. The molecule has 2 aromatic rings. The lowest BCUT2D eigenvalue weighted by molar-refractivity contribution is -0.145. The van der Waals surface area contributed by atoms with Gasteiger partial charge in [-0.2, -0.15) is 0 Å². The van der Waals surface area contributed by atoms with Crippen LogP contribution in [-0.4, -0.2) is 120 Å². The predicted molar refractivity (Wildman–Crippen MR) is 189 cm³/mol. The van der Waals surface area contributed by atoms with Gasteiger partial charge < -0.3 is 15.4 Å². The number of ether oxygens (including phenoxy) is 1. The number of piperidine rings is 1. The highest BCUT2D eigenvalue weighted by molar-refractivity contribution is 6.26. The van der Waals surface area contributed by atoms with Crippen LogP contribution in [0.5, 0.6) is 0 Å². The van der Waals surface area contributed by atoms with Crippen LogP contribution in [0.15, 0.2) is 60.3 Å². The molecule has 278 valence electrons. The summed E-state index contributed by atoms with van der Waals surface area (Å²) in [5.41, 5.74) is 1.33. The number of allylic oxidation sites excluding steroid dienone is 1. The topological polar surface area (TPSA) is 192 Å². The number of nitrogens with one attached hydrogen (secondary N) is 3. The van der Waals surface area contributed by atoms with Crippen LogP contribution < -0.4 is 16.0 Å². The van der Waals surface area contributed by atoms with Crippen molar-refractivity contribution < 1.29 is 43.1 Å². The molecule has 6 rings (SSSR count). The normalized spacial score (nSPS) is 21.0. The number of amides is 5. The summed E-state index contributed by atoms with van der Waals surface area (Å²) in [7, 11) is 0. The Hall–Kier alpha value is -5.54. The molecule has 3 N–H and O–H groups in total. The third-order valence-corrected chi connectivity index (χ3v) is 9.99. The molecule has 1 aliphatic carbocycles. The molecule has 2 aromatic carbocycles. The summed E-state index contributed by atoms with van der Waals surface area (Å²) < 4.78 is 5.35. The standard InChI is InChI=1S/C38H42N6O9/c45-30-21-25(24-5-2-1-3-6-24)22-31(46)27(30)23-39-13-14-42-15-17-43(18-16-42)19-20-53-34(49)12-11-32(47)40-28-8-4-7-26-35(28)38(52)44(37(26)51)29-9-10-33(48)41-36(29)50/h1-8,23,25,29,39H,9-22H2,(H,40,47)(H,41,48,50). The molecule has 15 nitrogen and oxygen atoms in total. The first-order valence-electron chi connectivity index (χ1n) is 17.9. The minimum Gasteiger partial charge on any atom is -0.464 e. The summed E-state index contributed by atoms with van der Waals surface area (Å²) in [6.07, 6.45) is 1.84. The van der Waals surface area contributed by atoms with Crippen molar-refractivity contribution in [3.63, 3.8) is 0 Å². The number of carbonyl (C=O) groups excluding carboxylic acids is 8. The maximum atomic E-state index is 13.2. The molecule has 2 saturated heterocycles. The van der Waals surface area contributed by atoms with E-state index in [0.717, 1.165) is 43.2 Å². The Balaban J connectivity index is 0.854. The third-order valence-electron chi connectivity index (χ3n) is 9.99. The Morgan fingerprint density at radius 3 is 2.23 bits per heavy atom. The Labute approximate surface area is 306 Å². The first-order chi connectivity index (χ1) is 25.6. The highest BCUT2D eigenvalue weighted by Gasteiger charge is 2.45. The van der Waals surface area contributed by atoms with Crippen molar-refractivity contribution in [1.29, 1.82) is 0 Å². The molecule has 53 heavy (non-hydrogen) atoms. The average Bonchev–Trinajstić information content (AvgIpc) is 3.40. The zero-order chi connectivity index (χ0) is 37.5. The largest absolute Gasteiger partial charge is 0.464 e. The Morgan fingerprint density at radius 1 is 0.830 bits per heavy atom. The second-order valence-corrected chi connectivity index (χ2v) is 13.5. The highest BCUT2D eigenvalue weighted by Crippen LogP contribution is 2.33. The molecule has 15 heteroatoms. The quantitative estimate of drug-likeness (QED) is 0.0879. The summed E-state index contributed by atoms with van der Waals surface area (Å²) >= 11 is 0. The number of hydrogen-bond acceptors (Lipinski definition) is 12. The van der Waals surface area contributed by atoms with E-state index >= 15 is 0 Å². The van der Waals surface area contributed by atoms with Gasteiger partial charge in [0.15, 0.2) is 11.6 Å². The first-order valence-corrected chi connectivity index (χ1v) is 17.9. The number of imide groups is 2. The number of benzene rings is 2. The van der Waals surface area contributed by atoms with Crippen molar-refractivity contribution in [1.82, 2.24) is 25.3 Å². The predicted octanol–water partition coefficient (Wildman–Crippen LogP) is 1.16. The number of nitrogens with zero attached hydrogens (tertiary/aromatic N) is 3. The number of anilines is 1. The van der Waals surface area contributed by atoms with Crippen LogP contribution in [0.1, 0.15) is 70.7 Å². The van der Waals surface area contributed by atoms with E-state index in [4.69, 9.17) is 4.74 Å². The van der Waals surface area contributed by atoms with Crippen molar-refractivity contribution in [2.75, 3.05) is 57.7 Å².